The number of ether oxygens (including phenoxy) is 1. The molecule has 0 radical (unpaired) electrons. The van der Waals surface area contributed by atoms with Crippen molar-refractivity contribution in [3.05, 3.63) is 18.3 Å². The summed E-state index contributed by atoms with van der Waals surface area (Å²) in [6, 6.07) is 3.66. The zero-order chi connectivity index (χ0) is 9.84. The molecule has 0 fully saturated rings. The molecule has 1 heterocycles. The van der Waals surface area contributed by atoms with Crippen LogP contribution in [0.3, 0.4) is 0 Å². The zero-order valence-electron chi connectivity index (χ0n) is 8.06. The smallest absolute Gasteiger partial charge is 0.214 e. The fourth-order valence-electron chi connectivity index (χ4n) is 0.722. The largest absolute Gasteiger partial charge is 0.459 e. The molecule has 0 N–H and O–H groups in total. The summed E-state index contributed by atoms with van der Waals surface area (Å²) in [7, 11) is 3.91. The van der Waals surface area contributed by atoms with Crippen LogP contribution in [0.15, 0.2) is 23.2 Å². The van der Waals surface area contributed by atoms with Crippen molar-refractivity contribution < 1.29 is 4.74 Å². The van der Waals surface area contributed by atoms with Crippen molar-refractivity contribution in [2.24, 2.45) is 0 Å². The van der Waals surface area contributed by atoms with Crippen molar-refractivity contribution in [1.82, 2.24) is 9.88 Å². The van der Waals surface area contributed by atoms with Gasteiger partial charge in [0.2, 0.25) is 5.88 Å². The topological polar surface area (TPSA) is 25.4 Å². The van der Waals surface area contributed by atoms with Crippen molar-refractivity contribution in [3.8, 4) is 5.88 Å². The number of nitrogens with zero attached hydrogens (tertiary/aromatic N) is 2. The third kappa shape index (κ3) is 3.24. The summed E-state index contributed by atoms with van der Waals surface area (Å²) in [5, 5.41) is 0. The average Bonchev–Trinajstić information content (AvgIpc) is 2.08. The predicted octanol–water partition coefficient (Wildman–Crippen LogP) is 1.66. The van der Waals surface area contributed by atoms with E-state index in [4.69, 9.17) is 4.74 Å². The lowest BCUT2D eigenvalue weighted by atomic mass is 10.5. The second-order valence-corrected chi connectivity index (χ2v) is 3.55. The first-order valence-corrected chi connectivity index (χ1v) is 4.52. The van der Waals surface area contributed by atoms with Gasteiger partial charge in [0.25, 0.3) is 0 Å². The standard InChI is InChI=1S/C9H14N2OS/c1-7(11(2)3)12-9-5-4-8(13)6-10-9/h4-7,13H,1-3H3. The monoisotopic (exact) mass is 198 g/mol. The third-order valence-corrected chi connectivity index (χ3v) is 2.00. The van der Waals surface area contributed by atoms with Gasteiger partial charge in [0.05, 0.1) is 0 Å². The highest BCUT2D eigenvalue weighted by molar-refractivity contribution is 7.80. The predicted molar refractivity (Wildman–Crippen MR) is 55.3 cm³/mol. The number of pyridine rings is 1. The van der Waals surface area contributed by atoms with E-state index < -0.39 is 0 Å². The molecule has 0 bridgehead atoms. The molecule has 1 aromatic heterocycles. The van der Waals surface area contributed by atoms with Gasteiger partial charge in [-0.05, 0) is 27.1 Å². The minimum Gasteiger partial charge on any atom is -0.459 e. The molecule has 0 aliphatic heterocycles. The van der Waals surface area contributed by atoms with Crippen molar-refractivity contribution >= 4 is 12.6 Å². The summed E-state index contributed by atoms with van der Waals surface area (Å²) in [4.78, 5) is 6.88. The van der Waals surface area contributed by atoms with Gasteiger partial charge in [-0.25, -0.2) is 4.98 Å². The average molecular weight is 198 g/mol. The second-order valence-electron chi connectivity index (χ2n) is 3.04. The van der Waals surface area contributed by atoms with E-state index in [0.29, 0.717) is 5.88 Å². The molecule has 0 amide bonds. The fourth-order valence-corrected chi connectivity index (χ4v) is 0.855. The van der Waals surface area contributed by atoms with Crippen LogP contribution in [0.5, 0.6) is 5.88 Å². The molecule has 0 spiro atoms. The molecule has 13 heavy (non-hydrogen) atoms. The van der Waals surface area contributed by atoms with Crippen molar-refractivity contribution in [2.45, 2.75) is 18.0 Å². The first kappa shape index (κ1) is 10.3. The summed E-state index contributed by atoms with van der Waals surface area (Å²) >= 11 is 4.13. The van der Waals surface area contributed by atoms with Crippen molar-refractivity contribution in [2.75, 3.05) is 14.1 Å². The molecule has 1 unspecified atom stereocenters. The van der Waals surface area contributed by atoms with E-state index >= 15 is 0 Å². The maximum atomic E-state index is 5.51. The number of hydrogen-bond donors (Lipinski definition) is 1. The van der Waals surface area contributed by atoms with E-state index in [0.717, 1.165) is 4.90 Å². The van der Waals surface area contributed by atoms with Crippen LogP contribution in [0.2, 0.25) is 0 Å². The molecular weight excluding hydrogens is 184 g/mol. The van der Waals surface area contributed by atoms with E-state index in [1.165, 1.54) is 0 Å². The van der Waals surface area contributed by atoms with Gasteiger partial charge >= 0.3 is 0 Å². The Morgan fingerprint density at radius 1 is 1.46 bits per heavy atom. The van der Waals surface area contributed by atoms with Gasteiger partial charge in [-0.15, -0.1) is 12.6 Å². The van der Waals surface area contributed by atoms with Gasteiger partial charge in [0.15, 0.2) is 6.23 Å². The van der Waals surface area contributed by atoms with E-state index in [-0.39, 0.29) is 6.23 Å². The molecule has 0 saturated carbocycles. The van der Waals surface area contributed by atoms with Gasteiger partial charge in [-0.2, -0.15) is 0 Å². The minimum atomic E-state index is 0.0262. The summed E-state index contributed by atoms with van der Waals surface area (Å²) in [6.07, 6.45) is 1.69. The number of thiol groups is 1. The summed E-state index contributed by atoms with van der Waals surface area (Å²) in [5.74, 6) is 0.624. The maximum Gasteiger partial charge on any atom is 0.214 e. The molecule has 1 rings (SSSR count). The van der Waals surface area contributed by atoms with Crippen LogP contribution in [0.1, 0.15) is 6.92 Å². The Hall–Kier alpha value is -0.740. The van der Waals surface area contributed by atoms with Gasteiger partial charge in [0.1, 0.15) is 0 Å². The lowest BCUT2D eigenvalue weighted by molar-refractivity contribution is 0.0768. The quantitative estimate of drug-likeness (QED) is 0.590. The molecule has 1 aromatic rings. The molecule has 0 aliphatic rings. The van der Waals surface area contributed by atoms with Crippen molar-refractivity contribution in [1.29, 1.82) is 0 Å². The summed E-state index contributed by atoms with van der Waals surface area (Å²) < 4.78 is 5.51. The lowest BCUT2D eigenvalue weighted by Gasteiger charge is -2.20. The molecular formula is C9H14N2OS. The molecule has 0 aliphatic carbocycles. The van der Waals surface area contributed by atoms with E-state index in [9.17, 15) is 0 Å². The highest BCUT2D eigenvalue weighted by atomic mass is 32.1. The van der Waals surface area contributed by atoms with Crippen LogP contribution in [-0.2, 0) is 0 Å². The first-order valence-electron chi connectivity index (χ1n) is 4.07. The molecule has 1 atom stereocenters. The number of aromatic nitrogens is 1. The Morgan fingerprint density at radius 3 is 2.62 bits per heavy atom. The fraction of sp³-hybridized carbons (Fsp3) is 0.444. The van der Waals surface area contributed by atoms with Crippen LogP contribution in [0, 0.1) is 0 Å². The molecule has 4 heteroatoms. The molecule has 72 valence electrons. The van der Waals surface area contributed by atoms with E-state index in [1.807, 2.05) is 38.1 Å². The van der Waals surface area contributed by atoms with Crippen LogP contribution in [0.25, 0.3) is 0 Å². The Balaban J connectivity index is 2.59. The first-order chi connectivity index (χ1) is 6.09. The van der Waals surface area contributed by atoms with Crippen LogP contribution < -0.4 is 4.74 Å². The Labute approximate surface area is 84.1 Å². The van der Waals surface area contributed by atoms with E-state index in [1.54, 1.807) is 6.20 Å². The number of rotatable bonds is 3. The van der Waals surface area contributed by atoms with Crippen LogP contribution in [0.4, 0.5) is 0 Å². The Bertz CT molecular complexity index is 261. The van der Waals surface area contributed by atoms with Gasteiger partial charge in [-0.3, -0.25) is 4.90 Å². The van der Waals surface area contributed by atoms with Gasteiger partial charge < -0.3 is 4.74 Å². The van der Waals surface area contributed by atoms with Gasteiger partial charge in [0, 0.05) is 17.2 Å². The maximum absolute atomic E-state index is 5.51. The van der Waals surface area contributed by atoms with Gasteiger partial charge in [-0.1, -0.05) is 0 Å². The highest BCUT2D eigenvalue weighted by Gasteiger charge is 2.05. The Kier molecular flexibility index (Phi) is 3.57. The third-order valence-electron chi connectivity index (χ3n) is 1.74. The normalized spacial score (nSPS) is 13.0. The summed E-state index contributed by atoms with van der Waals surface area (Å²) in [6.45, 7) is 1.97. The molecule has 0 saturated heterocycles. The highest BCUT2D eigenvalue weighted by Crippen LogP contribution is 2.11. The zero-order valence-corrected chi connectivity index (χ0v) is 8.95. The molecule has 0 aromatic carbocycles. The minimum absolute atomic E-state index is 0.0262. The number of hydrogen-bond acceptors (Lipinski definition) is 4. The van der Waals surface area contributed by atoms with Crippen molar-refractivity contribution in [3.63, 3.8) is 0 Å². The Morgan fingerprint density at radius 2 is 2.15 bits per heavy atom. The summed E-state index contributed by atoms with van der Waals surface area (Å²) in [5.41, 5.74) is 0. The molecule has 3 nitrogen and oxygen atoms in total. The SMILES string of the molecule is CC(Oc1ccc(S)cn1)N(C)C. The van der Waals surface area contributed by atoms with Crippen LogP contribution >= 0.6 is 12.6 Å². The second kappa shape index (κ2) is 4.48. The lowest BCUT2D eigenvalue weighted by Crippen LogP contribution is -2.30. The van der Waals surface area contributed by atoms with E-state index in [2.05, 4.69) is 17.6 Å². The van der Waals surface area contributed by atoms with Crippen LogP contribution in [-0.4, -0.2) is 30.2 Å².